The molecule has 2 aromatic carbocycles. The molecule has 9 heteroatoms. The van der Waals surface area contributed by atoms with E-state index in [1.165, 1.54) is 44.9 Å². The van der Waals surface area contributed by atoms with Crippen molar-refractivity contribution < 1.29 is 24.7 Å². The Kier molecular flexibility index (Phi) is 10.3. The van der Waals surface area contributed by atoms with Crippen LogP contribution in [0.3, 0.4) is 0 Å². The second kappa shape index (κ2) is 14.3. The maximum atomic E-state index is 12.9. The molecule has 6 rings (SSSR count). The van der Waals surface area contributed by atoms with E-state index in [-0.39, 0.29) is 34.9 Å². The van der Waals surface area contributed by atoms with Gasteiger partial charge in [0.05, 0.1) is 6.10 Å². The second-order valence-electron chi connectivity index (χ2n) is 15.6. The molecule has 7 unspecified atom stereocenters. The molecule has 8 atom stereocenters. The van der Waals surface area contributed by atoms with Crippen molar-refractivity contribution in [1.82, 2.24) is 21.0 Å². The van der Waals surface area contributed by atoms with Gasteiger partial charge in [-0.1, -0.05) is 51.0 Å². The number of rotatable bonds is 10. The summed E-state index contributed by atoms with van der Waals surface area (Å²) in [6.07, 6.45) is 10.8. The minimum Gasteiger partial charge on any atom is -0.391 e. The van der Waals surface area contributed by atoms with Gasteiger partial charge in [-0.05, 0) is 123 Å². The van der Waals surface area contributed by atoms with E-state index in [0.29, 0.717) is 54.3 Å². The van der Waals surface area contributed by atoms with Gasteiger partial charge in [0.1, 0.15) is 0 Å². The molecule has 2 heterocycles. The van der Waals surface area contributed by atoms with Crippen LogP contribution in [-0.4, -0.2) is 57.2 Å². The molecule has 4 fully saturated rings. The fraction of sp³-hybridized carbons (Fsp3) is 0.615. The Morgan fingerprint density at radius 1 is 0.875 bits per heavy atom. The van der Waals surface area contributed by atoms with E-state index in [9.17, 15) is 19.5 Å². The zero-order valence-corrected chi connectivity index (χ0v) is 28.8. The average molecular weight is 659 g/mol. The van der Waals surface area contributed by atoms with E-state index in [1.807, 2.05) is 12.1 Å². The van der Waals surface area contributed by atoms with Crippen LogP contribution in [0.4, 0.5) is 0 Å². The molecule has 2 aliphatic heterocycles. The lowest BCUT2D eigenvalue weighted by Crippen LogP contribution is -2.70. The Bertz CT molecular complexity index is 1460. The number of fused-ring (bicyclic) bond motifs is 5. The number of hydrogen-bond donors (Lipinski definition) is 5. The van der Waals surface area contributed by atoms with Crippen LogP contribution in [0.5, 0.6) is 0 Å². The summed E-state index contributed by atoms with van der Waals surface area (Å²) < 4.78 is 0. The summed E-state index contributed by atoms with van der Waals surface area (Å²) in [5.74, 6) is 1.44. The first-order valence-electron chi connectivity index (χ1n) is 18.2. The first-order valence-corrected chi connectivity index (χ1v) is 18.2. The highest BCUT2D eigenvalue weighted by atomic mass is 16.5. The van der Waals surface area contributed by atoms with Gasteiger partial charge < -0.3 is 15.7 Å². The lowest BCUT2D eigenvalue weighted by Gasteiger charge is -2.64. The van der Waals surface area contributed by atoms with Crippen molar-refractivity contribution in [3.05, 3.63) is 70.8 Å². The highest BCUT2D eigenvalue weighted by Gasteiger charge is 2.61. The van der Waals surface area contributed by atoms with E-state index in [0.717, 1.165) is 30.5 Å². The molecule has 48 heavy (non-hydrogen) atoms. The van der Waals surface area contributed by atoms with Gasteiger partial charge in [-0.25, -0.2) is 5.48 Å². The van der Waals surface area contributed by atoms with Crippen LogP contribution in [0.2, 0.25) is 0 Å². The SMILES string of the molecule is C[C@H](CCC(=O)NCc1ccc(C(=O)NCc2ccc(C(=O)NO)cc2)cc1)C1CCC2C3C(O)CC4CCCCC4(C)N3CCC21C. The summed E-state index contributed by atoms with van der Waals surface area (Å²) in [6.45, 7) is 9.13. The minimum absolute atomic E-state index is 0.0552. The third-order valence-electron chi connectivity index (χ3n) is 13.1. The maximum absolute atomic E-state index is 12.9. The highest BCUT2D eigenvalue weighted by Crippen LogP contribution is 2.61. The molecule has 0 radical (unpaired) electrons. The minimum atomic E-state index is -0.587. The number of nitrogens with zero attached hydrogens (tertiary/aromatic N) is 1. The second-order valence-corrected chi connectivity index (χ2v) is 15.6. The monoisotopic (exact) mass is 658 g/mol. The normalized spacial score (nSPS) is 31.9. The fourth-order valence-corrected chi connectivity index (χ4v) is 10.3. The quantitative estimate of drug-likeness (QED) is 0.167. The molecular formula is C39H54N4O5. The topological polar surface area (TPSA) is 131 Å². The molecule has 2 saturated heterocycles. The number of piperidine rings is 2. The molecule has 9 nitrogen and oxygen atoms in total. The van der Waals surface area contributed by atoms with Crippen molar-refractivity contribution in [1.29, 1.82) is 0 Å². The molecule has 0 bridgehead atoms. The van der Waals surface area contributed by atoms with Gasteiger partial charge in [0, 0.05) is 42.2 Å². The average Bonchev–Trinajstić information content (AvgIpc) is 3.46. The number of carbonyl (C=O) groups excluding carboxylic acids is 3. The summed E-state index contributed by atoms with van der Waals surface area (Å²) >= 11 is 0. The first-order chi connectivity index (χ1) is 23.0. The number of amides is 3. The van der Waals surface area contributed by atoms with Crippen LogP contribution >= 0.6 is 0 Å². The zero-order valence-electron chi connectivity index (χ0n) is 28.8. The van der Waals surface area contributed by atoms with E-state index < -0.39 is 5.91 Å². The smallest absolute Gasteiger partial charge is 0.274 e. The molecule has 5 N–H and O–H groups in total. The standard InChI is InChI=1S/C39H54N4O5/c1-25(31-16-17-32-35-33(44)22-30-6-4-5-19-39(30,3)43(35)21-20-38(31,32)2)7-18-34(45)40-23-26-8-12-28(13-9-26)36(46)41-24-27-10-14-29(15-11-27)37(47)42-48/h8-15,25,30-33,35,44,48H,4-7,16-24H2,1-3H3,(H,40,45)(H,41,46)(H,42,47)/t25-,30?,31?,32?,33?,35?,38?,39?/m1/s1. The van der Waals surface area contributed by atoms with Gasteiger partial charge in [0.2, 0.25) is 5.91 Å². The Labute approximate surface area is 285 Å². The van der Waals surface area contributed by atoms with E-state index >= 15 is 0 Å². The van der Waals surface area contributed by atoms with Crippen molar-refractivity contribution in [2.24, 2.45) is 29.1 Å². The van der Waals surface area contributed by atoms with Crippen molar-refractivity contribution in [2.45, 2.75) is 116 Å². The fourth-order valence-electron chi connectivity index (χ4n) is 10.3. The van der Waals surface area contributed by atoms with Crippen molar-refractivity contribution in [2.75, 3.05) is 6.54 Å². The number of aliphatic hydroxyl groups is 1. The number of hydroxylamine groups is 1. The maximum Gasteiger partial charge on any atom is 0.274 e. The van der Waals surface area contributed by atoms with Gasteiger partial charge in [0.25, 0.3) is 11.8 Å². The van der Waals surface area contributed by atoms with Gasteiger partial charge in [-0.3, -0.25) is 24.5 Å². The lowest BCUT2D eigenvalue weighted by atomic mass is 9.57. The molecular weight excluding hydrogens is 604 g/mol. The molecule has 0 aromatic heterocycles. The molecule has 4 aliphatic rings. The number of benzene rings is 2. The van der Waals surface area contributed by atoms with Crippen LogP contribution < -0.4 is 16.1 Å². The number of aliphatic hydroxyl groups excluding tert-OH is 1. The Hall–Kier alpha value is -3.27. The van der Waals surface area contributed by atoms with Crippen LogP contribution in [-0.2, 0) is 17.9 Å². The summed E-state index contributed by atoms with van der Waals surface area (Å²) in [6, 6.07) is 14.1. The summed E-state index contributed by atoms with van der Waals surface area (Å²) in [7, 11) is 0. The molecule has 2 saturated carbocycles. The van der Waals surface area contributed by atoms with E-state index in [2.05, 4.69) is 36.3 Å². The van der Waals surface area contributed by atoms with Gasteiger partial charge in [-0.15, -0.1) is 0 Å². The summed E-state index contributed by atoms with van der Waals surface area (Å²) in [4.78, 5) is 39.8. The lowest BCUT2D eigenvalue weighted by molar-refractivity contribution is -0.173. The highest BCUT2D eigenvalue weighted by molar-refractivity contribution is 5.94. The van der Waals surface area contributed by atoms with E-state index in [4.69, 9.17) is 5.21 Å². The molecule has 2 aromatic rings. The number of hydrogen-bond acceptors (Lipinski definition) is 6. The summed E-state index contributed by atoms with van der Waals surface area (Å²) in [5, 5.41) is 26.2. The molecule has 260 valence electrons. The van der Waals surface area contributed by atoms with Crippen molar-refractivity contribution in [3.63, 3.8) is 0 Å². The molecule has 0 spiro atoms. The Morgan fingerprint density at radius 3 is 2.19 bits per heavy atom. The predicted octanol–water partition coefficient (Wildman–Crippen LogP) is 5.59. The largest absolute Gasteiger partial charge is 0.391 e. The van der Waals surface area contributed by atoms with Gasteiger partial charge >= 0.3 is 0 Å². The molecule has 2 aliphatic carbocycles. The van der Waals surface area contributed by atoms with Crippen molar-refractivity contribution >= 4 is 17.7 Å². The van der Waals surface area contributed by atoms with Crippen molar-refractivity contribution in [3.8, 4) is 0 Å². The Morgan fingerprint density at radius 2 is 1.52 bits per heavy atom. The van der Waals surface area contributed by atoms with Crippen LogP contribution in [0, 0.1) is 29.1 Å². The van der Waals surface area contributed by atoms with Gasteiger partial charge in [0.15, 0.2) is 0 Å². The van der Waals surface area contributed by atoms with Crippen LogP contribution in [0.15, 0.2) is 48.5 Å². The Balaban J connectivity index is 0.952. The summed E-state index contributed by atoms with van der Waals surface area (Å²) in [5.41, 5.74) is 4.67. The number of nitrogens with one attached hydrogen (secondary N) is 3. The predicted molar refractivity (Wildman–Crippen MR) is 184 cm³/mol. The third-order valence-corrected chi connectivity index (χ3v) is 13.1. The third kappa shape index (κ3) is 6.78. The zero-order chi connectivity index (χ0) is 34.1. The van der Waals surface area contributed by atoms with Crippen LogP contribution in [0.1, 0.15) is 117 Å². The number of carbonyl (C=O) groups is 3. The van der Waals surface area contributed by atoms with Crippen LogP contribution in [0.25, 0.3) is 0 Å². The van der Waals surface area contributed by atoms with Gasteiger partial charge in [-0.2, -0.15) is 0 Å². The van der Waals surface area contributed by atoms with E-state index in [1.54, 1.807) is 41.9 Å². The molecule has 3 amide bonds. The first kappa shape index (κ1) is 34.6.